The Balaban J connectivity index is 1.96. The average Bonchev–Trinajstić information content (AvgIpc) is 2.42. The highest BCUT2D eigenvalue weighted by Gasteiger charge is 2.07. The number of rotatable bonds is 4. The lowest BCUT2D eigenvalue weighted by atomic mass is 10.3. The number of nitrogens with one attached hydrogen (secondary N) is 2. The highest BCUT2D eigenvalue weighted by molar-refractivity contribution is 9.10. The minimum absolute atomic E-state index is 0.101. The highest BCUT2D eigenvalue weighted by atomic mass is 79.9. The number of carbonyl (C=O) groups is 1. The maximum absolute atomic E-state index is 13.3. The van der Waals surface area contributed by atoms with E-state index in [4.69, 9.17) is 0 Å². The van der Waals surface area contributed by atoms with Crippen LogP contribution in [0.3, 0.4) is 0 Å². The van der Waals surface area contributed by atoms with E-state index >= 15 is 0 Å². The molecule has 0 bridgehead atoms. The Morgan fingerprint density at radius 2 is 1.85 bits per heavy atom. The van der Waals surface area contributed by atoms with Gasteiger partial charge in [-0.25, -0.2) is 8.78 Å². The number of carbonyl (C=O) groups excluding carboxylic acids is 1. The van der Waals surface area contributed by atoms with Crippen LogP contribution in [0.25, 0.3) is 0 Å². The van der Waals surface area contributed by atoms with Crippen molar-refractivity contribution in [1.82, 2.24) is 0 Å². The second kappa shape index (κ2) is 6.47. The minimum Gasteiger partial charge on any atom is -0.375 e. The van der Waals surface area contributed by atoms with Gasteiger partial charge in [0.1, 0.15) is 11.6 Å². The maximum atomic E-state index is 13.3. The van der Waals surface area contributed by atoms with Crippen LogP contribution in [0.4, 0.5) is 20.2 Å². The van der Waals surface area contributed by atoms with Gasteiger partial charge >= 0.3 is 0 Å². The zero-order chi connectivity index (χ0) is 14.5. The summed E-state index contributed by atoms with van der Waals surface area (Å²) < 4.78 is 27.0. The first-order chi connectivity index (χ1) is 9.56. The normalized spacial score (nSPS) is 10.2. The van der Waals surface area contributed by atoms with Gasteiger partial charge in [-0.05, 0) is 46.3 Å². The summed E-state index contributed by atoms with van der Waals surface area (Å²) in [7, 11) is 0. The smallest absolute Gasteiger partial charge is 0.243 e. The fourth-order valence-corrected chi connectivity index (χ4v) is 1.95. The third-order valence-electron chi connectivity index (χ3n) is 2.52. The van der Waals surface area contributed by atoms with Crippen LogP contribution in [-0.4, -0.2) is 12.5 Å². The van der Waals surface area contributed by atoms with E-state index in [1.165, 1.54) is 36.4 Å². The minimum atomic E-state index is -0.507. The molecule has 0 unspecified atom stereocenters. The topological polar surface area (TPSA) is 41.1 Å². The van der Waals surface area contributed by atoms with Gasteiger partial charge in [-0.1, -0.05) is 12.1 Å². The van der Waals surface area contributed by atoms with Crippen molar-refractivity contribution in [3.63, 3.8) is 0 Å². The van der Waals surface area contributed by atoms with E-state index in [-0.39, 0.29) is 12.2 Å². The molecule has 2 aromatic carbocycles. The number of para-hydroxylation sites is 1. The largest absolute Gasteiger partial charge is 0.375 e. The first-order valence-electron chi connectivity index (χ1n) is 5.79. The summed E-state index contributed by atoms with van der Waals surface area (Å²) >= 11 is 3.24. The highest BCUT2D eigenvalue weighted by Crippen LogP contribution is 2.22. The summed E-state index contributed by atoms with van der Waals surface area (Å²) in [4.78, 5) is 11.7. The fourth-order valence-electron chi connectivity index (χ4n) is 1.57. The monoisotopic (exact) mass is 340 g/mol. The van der Waals surface area contributed by atoms with E-state index in [9.17, 15) is 13.6 Å². The maximum Gasteiger partial charge on any atom is 0.243 e. The van der Waals surface area contributed by atoms with Crippen LogP contribution < -0.4 is 10.6 Å². The van der Waals surface area contributed by atoms with Crippen molar-refractivity contribution in [2.24, 2.45) is 0 Å². The number of amides is 1. The molecule has 0 aliphatic heterocycles. The van der Waals surface area contributed by atoms with Gasteiger partial charge in [0.2, 0.25) is 5.91 Å². The molecule has 2 N–H and O–H groups in total. The van der Waals surface area contributed by atoms with Crippen molar-refractivity contribution in [1.29, 1.82) is 0 Å². The van der Waals surface area contributed by atoms with Gasteiger partial charge in [0.05, 0.1) is 17.9 Å². The van der Waals surface area contributed by atoms with Gasteiger partial charge in [0.25, 0.3) is 0 Å². The SMILES string of the molecule is O=C(CNc1cc(F)ccc1Br)Nc1ccccc1F. The van der Waals surface area contributed by atoms with Gasteiger partial charge in [-0.2, -0.15) is 0 Å². The Kier molecular flexibility index (Phi) is 4.68. The van der Waals surface area contributed by atoms with Gasteiger partial charge in [0, 0.05) is 4.47 Å². The number of halogens is 3. The molecule has 0 aliphatic rings. The Morgan fingerprint density at radius 1 is 1.10 bits per heavy atom. The van der Waals surface area contributed by atoms with E-state index in [0.29, 0.717) is 10.2 Å². The van der Waals surface area contributed by atoms with Crippen LogP contribution in [0.1, 0.15) is 0 Å². The predicted octanol–water partition coefficient (Wildman–Crippen LogP) is 3.78. The summed E-state index contributed by atoms with van der Waals surface area (Å²) in [6.45, 7) is -0.101. The number of hydrogen-bond donors (Lipinski definition) is 2. The summed E-state index contributed by atoms with van der Waals surface area (Å²) in [5.74, 6) is -1.34. The molecule has 0 aromatic heterocycles. The lowest BCUT2D eigenvalue weighted by molar-refractivity contribution is -0.114. The molecule has 0 atom stereocenters. The Morgan fingerprint density at radius 3 is 2.60 bits per heavy atom. The van der Waals surface area contributed by atoms with Crippen molar-refractivity contribution in [3.8, 4) is 0 Å². The van der Waals surface area contributed by atoms with E-state index in [2.05, 4.69) is 26.6 Å². The zero-order valence-corrected chi connectivity index (χ0v) is 11.9. The first-order valence-corrected chi connectivity index (χ1v) is 6.59. The molecule has 3 nitrogen and oxygen atoms in total. The lowest BCUT2D eigenvalue weighted by Gasteiger charge is -2.09. The molecular weight excluding hydrogens is 330 g/mol. The lowest BCUT2D eigenvalue weighted by Crippen LogP contribution is -2.22. The molecule has 6 heteroatoms. The third-order valence-corrected chi connectivity index (χ3v) is 3.21. The van der Waals surface area contributed by atoms with Crippen LogP contribution in [0.2, 0.25) is 0 Å². The Labute approximate surface area is 123 Å². The molecule has 0 aliphatic carbocycles. The van der Waals surface area contributed by atoms with Crippen molar-refractivity contribution >= 4 is 33.2 Å². The summed E-state index contributed by atoms with van der Waals surface area (Å²) in [6.07, 6.45) is 0. The van der Waals surface area contributed by atoms with Gasteiger partial charge in [-0.3, -0.25) is 4.79 Å². The van der Waals surface area contributed by atoms with E-state index in [1.807, 2.05) is 0 Å². The second-order valence-corrected chi connectivity index (χ2v) is 4.86. The summed E-state index contributed by atoms with van der Waals surface area (Å²) in [6, 6.07) is 9.97. The molecule has 0 heterocycles. The van der Waals surface area contributed by atoms with Crippen LogP contribution in [0, 0.1) is 11.6 Å². The summed E-state index contributed by atoms with van der Waals surface area (Å²) in [5.41, 5.74) is 0.561. The van der Waals surface area contributed by atoms with Crippen LogP contribution in [0.5, 0.6) is 0 Å². The molecule has 0 fully saturated rings. The van der Waals surface area contributed by atoms with Crippen molar-refractivity contribution in [2.45, 2.75) is 0 Å². The van der Waals surface area contributed by atoms with Gasteiger partial charge < -0.3 is 10.6 Å². The van der Waals surface area contributed by atoms with Crippen molar-refractivity contribution in [2.75, 3.05) is 17.2 Å². The molecule has 2 rings (SSSR count). The van der Waals surface area contributed by atoms with Crippen LogP contribution >= 0.6 is 15.9 Å². The van der Waals surface area contributed by atoms with Gasteiger partial charge in [0.15, 0.2) is 0 Å². The number of hydrogen-bond acceptors (Lipinski definition) is 2. The third kappa shape index (κ3) is 3.77. The first kappa shape index (κ1) is 14.5. The number of anilines is 2. The van der Waals surface area contributed by atoms with E-state index in [1.54, 1.807) is 6.07 Å². The zero-order valence-electron chi connectivity index (χ0n) is 10.3. The molecule has 0 spiro atoms. The molecule has 0 radical (unpaired) electrons. The number of benzene rings is 2. The Bertz CT molecular complexity index is 634. The van der Waals surface area contributed by atoms with Crippen LogP contribution in [-0.2, 0) is 4.79 Å². The molecule has 104 valence electrons. The van der Waals surface area contributed by atoms with Crippen molar-refractivity contribution in [3.05, 3.63) is 58.6 Å². The fraction of sp³-hybridized carbons (Fsp3) is 0.0714. The van der Waals surface area contributed by atoms with Crippen molar-refractivity contribution < 1.29 is 13.6 Å². The quantitative estimate of drug-likeness (QED) is 0.889. The van der Waals surface area contributed by atoms with E-state index in [0.717, 1.165) is 0 Å². The Hall–Kier alpha value is -1.95. The van der Waals surface area contributed by atoms with E-state index < -0.39 is 17.5 Å². The molecule has 0 saturated heterocycles. The standard InChI is InChI=1S/C14H11BrF2N2O/c15-10-6-5-9(16)7-13(10)18-8-14(20)19-12-4-2-1-3-11(12)17/h1-7,18H,8H2,(H,19,20). The second-order valence-electron chi connectivity index (χ2n) is 4.01. The molecule has 2 aromatic rings. The van der Waals surface area contributed by atoms with Gasteiger partial charge in [-0.15, -0.1) is 0 Å². The predicted molar refractivity (Wildman–Crippen MR) is 77.6 cm³/mol. The average molecular weight is 341 g/mol. The molecule has 1 amide bonds. The molecular formula is C14H11BrF2N2O. The van der Waals surface area contributed by atoms with Crippen LogP contribution in [0.15, 0.2) is 46.9 Å². The summed E-state index contributed by atoms with van der Waals surface area (Å²) in [5, 5.41) is 5.20. The molecule has 0 saturated carbocycles. The molecule has 20 heavy (non-hydrogen) atoms.